The zero-order chi connectivity index (χ0) is 16.9. The van der Waals surface area contributed by atoms with Gasteiger partial charge in [0, 0.05) is 22.9 Å². The number of hydrogen-bond acceptors (Lipinski definition) is 3. The molecule has 0 heterocycles. The first-order valence-electron chi connectivity index (χ1n) is 6.84. The second-order valence-corrected chi connectivity index (χ2v) is 7.15. The van der Waals surface area contributed by atoms with E-state index in [4.69, 9.17) is 23.8 Å². The van der Waals surface area contributed by atoms with Gasteiger partial charge in [-0.15, -0.1) is 0 Å². The van der Waals surface area contributed by atoms with Gasteiger partial charge in [-0.25, -0.2) is 8.42 Å². The van der Waals surface area contributed by atoms with Gasteiger partial charge >= 0.3 is 0 Å². The molecule has 0 aliphatic heterocycles. The topological polar surface area (TPSA) is 70.2 Å². The Kier molecular flexibility index (Phi) is 5.81. The maximum absolute atomic E-state index is 12.4. The first-order chi connectivity index (χ1) is 10.9. The van der Waals surface area contributed by atoms with E-state index < -0.39 is 10.0 Å². The molecule has 23 heavy (non-hydrogen) atoms. The third-order valence-corrected chi connectivity index (χ3v) is 4.71. The number of benzene rings is 2. The molecule has 3 N–H and O–H groups in total. The molecule has 2 aromatic carbocycles. The standard InChI is InChI=1S/C15H16ClN3O2S2/c1-2-17-15(22)18-13-4-3-5-14(10-13)23(20,21)19-12-8-6-11(16)7-9-12/h3-10,19H,2H2,1H3,(H2,17,18,22). The number of anilines is 2. The molecule has 0 saturated carbocycles. The van der Waals surface area contributed by atoms with Crippen molar-refractivity contribution in [1.29, 1.82) is 0 Å². The zero-order valence-corrected chi connectivity index (χ0v) is 14.7. The maximum Gasteiger partial charge on any atom is 0.261 e. The second kappa shape index (κ2) is 7.63. The van der Waals surface area contributed by atoms with Crippen LogP contribution in [0.1, 0.15) is 6.92 Å². The number of halogens is 1. The van der Waals surface area contributed by atoms with E-state index in [1.807, 2.05) is 6.92 Å². The van der Waals surface area contributed by atoms with Gasteiger partial charge in [-0.2, -0.15) is 0 Å². The summed E-state index contributed by atoms with van der Waals surface area (Å²) in [6.45, 7) is 2.60. The Bertz CT molecular complexity index is 793. The minimum Gasteiger partial charge on any atom is -0.363 e. The van der Waals surface area contributed by atoms with Crippen LogP contribution in [-0.4, -0.2) is 20.1 Å². The summed E-state index contributed by atoms with van der Waals surface area (Å²) in [6.07, 6.45) is 0. The highest BCUT2D eigenvalue weighted by molar-refractivity contribution is 7.92. The van der Waals surface area contributed by atoms with Crippen LogP contribution in [0.25, 0.3) is 0 Å². The van der Waals surface area contributed by atoms with Crippen molar-refractivity contribution in [2.45, 2.75) is 11.8 Å². The van der Waals surface area contributed by atoms with E-state index in [0.29, 0.717) is 28.1 Å². The molecule has 8 heteroatoms. The predicted molar refractivity (Wildman–Crippen MR) is 98.6 cm³/mol. The maximum atomic E-state index is 12.4. The Morgan fingerprint density at radius 2 is 1.83 bits per heavy atom. The fraction of sp³-hybridized carbons (Fsp3) is 0.133. The van der Waals surface area contributed by atoms with Gasteiger partial charge in [0.25, 0.3) is 10.0 Å². The molecule has 0 aromatic heterocycles. The van der Waals surface area contributed by atoms with E-state index >= 15 is 0 Å². The molecule has 0 bridgehead atoms. The zero-order valence-electron chi connectivity index (χ0n) is 12.3. The average Bonchev–Trinajstić information content (AvgIpc) is 2.50. The summed E-state index contributed by atoms with van der Waals surface area (Å²) < 4.78 is 27.4. The normalized spacial score (nSPS) is 10.9. The predicted octanol–water partition coefficient (Wildman–Crippen LogP) is 3.45. The molecule has 0 atom stereocenters. The highest BCUT2D eigenvalue weighted by Crippen LogP contribution is 2.20. The van der Waals surface area contributed by atoms with Crippen LogP contribution in [0.3, 0.4) is 0 Å². The molecule has 0 aliphatic carbocycles. The van der Waals surface area contributed by atoms with E-state index in [9.17, 15) is 8.42 Å². The van der Waals surface area contributed by atoms with Gasteiger partial charge < -0.3 is 10.6 Å². The van der Waals surface area contributed by atoms with Crippen molar-refractivity contribution in [2.75, 3.05) is 16.6 Å². The Balaban J connectivity index is 2.19. The molecule has 0 unspecified atom stereocenters. The number of sulfonamides is 1. The first-order valence-corrected chi connectivity index (χ1v) is 9.11. The average molecular weight is 370 g/mol. The van der Waals surface area contributed by atoms with E-state index in [0.717, 1.165) is 0 Å². The molecule has 5 nitrogen and oxygen atoms in total. The van der Waals surface area contributed by atoms with Gasteiger partial charge in [0.15, 0.2) is 5.11 Å². The number of hydrogen-bond donors (Lipinski definition) is 3. The minimum atomic E-state index is -3.69. The van der Waals surface area contributed by atoms with Crippen LogP contribution in [0, 0.1) is 0 Å². The lowest BCUT2D eigenvalue weighted by atomic mass is 10.3. The van der Waals surface area contributed by atoms with Crippen molar-refractivity contribution in [3.63, 3.8) is 0 Å². The minimum absolute atomic E-state index is 0.136. The summed E-state index contributed by atoms with van der Waals surface area (Å²) >= 11 is 10.9. The molecule has 0 saturated heterocycles. The van der Waals surface area contributed by atoms with Gasteiger partial charge in [0.1, 0.15) is 0 Å². The van der Waals surface area contributed by atoms with E-state index in [1.54, 1.807) is 36.4 Å². The fourth-order valence-electron chi connectivity index (χ4n) is 1.81. The Morgan fingerprint density at radius 1 is 1.13 bits per heavy atom. The summed E-state index contributed by atoms with van der Waals surface area (Å²) in [7, 11) is -3.69. The second-order valence-electron chi connectivity index (χ2n) is 4.62. The number of thiocarbonyl (C=S) groups is 1. The van der Waals surface area contributed by atoms with Gasteiger partial charge in [-0.05, 0) is 61.6 Å². The van der Waals surface area contributed by atoms with Crippen molar-refractivity contribution in [2.24, 2.45) is 0 Å². The van der Waals surface area contributed by atoms with Gasteiger partial charge in [-0.3, -0.25) is 4.72 Å². The van der Waals surface area contributed by atoms with E-state index in [1.165, 1.54) is 12.1 Å². The number of nitrogens with one attached hydrogen (secondary N) is 3. The highest BCUT2D eigenvalue weighted by atomic mass is 35.5. The third kappa shape index (κ3) is 5.09. The molecule has 0 radical (unpaired) electrons. The monoisotopic (exact) mass is 369 g/mol. The van der Waals surface area contributed by atoms with Crippen LogP contribution in [0.4, 0.5) is 11.4 Å². The van der Waals surface area contributed by atoms with Crippen molar-refractivity contribution in [3.8, 4) is 0 Å². The smallest absolute Gasteiger partial charge is 0.261 e. The van der Waals surface area contributed by atoms with Crippen LogP contribution in [-0.2, 0) is 10.0 Å². The molecule has 122 valence electrons. The largest absolute Gasteiger partial charge is 0.363 e. The van der Waals surface area contributed by atoms with E-state index in [2.05, 4.69) is 15.4 Å². The molecule has 0 aliphatic rings. The highest BCUT2D eigenvalue weighted by Gasteiger charge is 2.14. The molecule has 2 aromatic rings. The summed E-state index contributed by atoms with van der Waals surface area (Å²) in [5, 5.41) is 6.85. The van der Waals surface area contributed by atoms with Crippen LogP contribution in [0.15, 0.2) is 53.4 Å². The Hall–Kier alpha value is -1.83. The number of rotatable bonds is 5. The summed E-state index contributed by atoms with van der Waals surface area (Å²) in [5.74, 6) is 0. The van der Waals surface area contributed by atoms with Crippen LogP contribution >= 0.6 is 23.8 Å². The molecular formula is C15H16ClN3O2S2. The summed E-state index contributed by atoms with van der Waals surface area (Å²) in [5.41, 5.74) is 1.03. The van der Waals surface area contributed by atoms with Crippen LogP contribution < -0.4 is 15.4 Å². The van der Waals surface area contributed by atoms with Crippen LogP contribution in [0.5, 0.6) is 0 Å². The lowest BCUT2D eigenvalue weighted by molar-refractivity contribution is 0.601. The van der Waals surface area contributed by atoms with Gasteiger partial charge in [-0.1, -0.05) is 17.7 Å². The van der Waals surface area contributed by atoms with Crippen molar-refractivity contribution in [1.82, 2.24) is 5.32 Å². The summed E-state index contributed by atoms with van der Waals surface area (Å²) in [4.78, 5) is 0.136. The van der Waals surface area contributed by atoms with Gasteiger partial charge in [0.05, 0.1) is 4.90 Å². The fourth-order valence-corrected chi connectivity index (χ4v) is 3.30. The van der Waals surface area contributed by atoms with Crippen molar-refractivity contribution >= 4 is 50.3 Å². The van der Waals surface area contributed by atoms with Gasteiger partial charge in [0.2, 0.25) is 0 Å². The quantitative estimate of drug-likeness (QED) is 0.704. The summed E-state index contributed by atoms with van der Waals surface area (Å²) in [6, 6.07) is 12.9. The molecule has 0 fully saturated rings. The molecular weight excluding hydrogens is 354 g/mol. The Labute approximate surface area is 146 Å². The molecule has 2 rings (SSSR count). The SMILES string of the molecule is CCNC(=S)Nc1cccc(S(=O)(=O)Nc2ccc(Cl)cc2)c1. The molecule has 0 amide bonds. The molecule has 0 spiro atoms. The Morgan fingerprint density at radius 3 is 2.48 bits per heavy atom. The lowest BCUT2D eigenvalue weighted by Crippen LogP contribution is -2.28. The van der Waals surface area contributed by atoms with Crippen LogP contribution in [0.2, 0.25) is 5.02 Å². The van der Waals surface area contributed by atoms with Crippen molar-refractivity contribution in [3.05, 3.63) is 53.6 Å². The lowest BCUT2D eigenvalue weighted by Gasteiger charge is -2.11. The third-order valence-electron chi connectivity index (χ3n) is 2.84. The first kappa shape index (κ1) is 17.5. The van der Waals surface area contributed by atoms with Crippen molar-refractivity contribution < 1.29 is 8.42 Å². The van der Waals surface area contributed by atoms with E-state index in [-0.39, 0.29) is 4.90 Å².